The first-order valence-electron chi connectivity index (χ1n) is 7.06. The third-order valence-electron chi connectivity index (χ3n) is 4.59. The summed E-state index contributed by atoms with van der Waals surface area (Å²) in [5, 5.41) is -0.616. The molecule has 1 aliphatic heterocycles. The normalized spacial score (nSPS) is 38.8. The molecule has 1 saturated heterocycles. The van der Waals surface area contributed by atoms with Crippen molar-refractivity contribution in [2.45, 2.75) is 50.2 Å². The predicted octanol–water partition coefficient (Wildman–Crippen LogP) is 2.90. The van der Waals surface area contributed by atoms with Crippen LogP contribution in [0.4, 0.5) is 0 Å². The van der Waals surface area contributed by atoms with Gasteiger partial charge in [0.1, 0.15) is 0 Å². The number of ether oxygens (including phenoxy) is 1. The van der Waals surface area contributed by atoms with Crippen LogP contribution in [0.15, 0.2) is 0 Å². The van der Waals surface area contributed by atoms with E-state index in [9.17, 15) is 9.36 Å². The van der Waals surface area contributed by atoms with Crippen molar-refractivity contribution in [3.63, 3.8) is 0 Å². The summed E-state index contributed by atoms with van der Waals surface area (Å²) in [5.74, 6) is -1.87. The van der Waals surface area contributed by atoms with Crippen LogP contribution in [-0.2, 0) is 23.1 Å². The van der Waals surface area contributed by atoms with E-state index in [0.717, 1.165) is 32.1 Å². The Morgan fingerprint density at radius 3 is 2.55 bits per heavy atom. The van der Waals surface area contributed by atoms with Gasteiger partial charge in [0.05, 0.1) is 13.8 Å². The van der Waals surface area contributed by atoms with Crippen molar-refractivity contribution in [2.24, 2.45) is 11.8 Å². The minimum atomic E-state index is -3.49. The van der Waals surface area contributed by atoms with E-state index in [4.69, 9.17) is 21.6 Å². The van der Waals surface area contributed by atoms with Crippen molar-refractivity contribution in [2.75, 3.05) is 14.2 Å². The summed E-state index contributed by atoms with van der Waals surface area (Å²) >= 11 is 0. The Hall–Kier alpha value is -0.315. The standard InChI is InChI=1S/C13H22BO5P/c1-13(14)8-6-4-5-7-9-10(13)12(19-11(9)15)20(16,17-2)18-3/h9-10,12H,4-8H2,1-3H3. The highest BCUT2D eigenvalue weighted by Crippen LogP contribution is 2.64. The van der Waals surface area contributed by atoms with Crippen molar-refractivity contribution in [1.82, 2.24) is 0 Å². The van der Waals surface area contributed by atoms with Crippen molar-refractivity contribution < 1.29 is 23.1 Å². The van der Waals surface area contributed by atoms with Gasteiger partial charge in [-0.3, -0.25) is 9.36 Å². The number of fused-ring (bicyclic) bond motifs is 1. The molecule has 2 rings (SSSR count). The summed E-state index contributed by atoms with van der Waals surface area (Å²) in [4.78, 5) is 12.1. The number of esters is 1. The van der Waals surface area contributed by atoms with Crippen LogP contribution < -0.4 is 0 Å². The van der Waals surface area contributed by atoms with E-state index in [2.05, 4.69) is 0 Å². The highest BCUT2D eigenvalue weighted by atomic mass is 31.2. The van der Waals surface area contributed by atoms with Gasteiger partial charge in [-0.1, -0.05) is 37.9 Å². The lowest BCUT2D eigenvalue weighted by Crippen LogP contribution is -2.34. The lowest BCUT2D eigenvalue weighted by atomic mass is 9.55. The molecule has 0 aromatic heterocycles. The number of carbonyl (C=O) groups excluding carboxylic acids is 1. The number of carbonyl (C=O) groups is 1. The van der Waals surface area contributed by atoms with Gasteiger partial charge in [-0.15, -0.1) is 0 Å². The highest BCUT2D eigenvalue weighted by Gasteiger charge is 2.58. The van der Waals surface area contributed by atoms with E-state index in [1.165, 1.54) is 14.2 Å². The summed E-state index contributed by atoms with van der Waals surface area (Å²) in [7, 11) is 5.55. The van der Waals surface area contributed by atoms with E-state index in [1.54, 1.807) is 0 Å². The molecule has 5 nitrogen and oxygen atoms in total. The van der Waals surface area contributed by atoms with Crippen LogP contribution in [-0.4, -0.2) is 33.9 Å². The van der Waals surface area contributed by atoms with Crippen molar-refractivity contribution in [3.05, 3.63) is 0 Å². The summed E-state index contributed by atoms with van der Waals surface area (Å²) in [6.45, 7) is 1.90. The number of hydrogen-bond acceptors (Lipinski definition) is 5. The van der Waals surface area contributed by atoms with Crippen molar-refractivity contribution in [3.8, 4) is 0 Å². The lowest BCUT2D eigenvalue weighted by Gasteiger charge is -2.39. The molecule has 2 aliphatic rings. The van der Waals surface area contributed by atoms with Gasteiger partial charge < -0.3 is 13.8 Å². The Bertz CT molecular complexity index is 417. The molecule has 0 aromatic rings. The maximum Gasteiger partial charge on any atom is 0.370 e. The molecule has 4 atom stereocenters. The fourth-order valence-electron chi connectivity index (χ4n) is 3.46. The summed E-state index contributed by atoms with van der Waals surface area (Å²) in [6, 6.07) is 0. The molecule has 0 amide bonds. The van der Waals surface area contributed by atoms with E-state index in [0.29, 0.717) is 0 Å². The predicted molar refractivity (Wildman–Crippen MR) is 75.7 cm³/mol. The molecular formula is C13H22BO5P. The van der Waals surface area contributed by atoms with Crippen LogP contribution in [0.25, 0.3) is 0 Å². The molecule has 4 unspecified atom stereocenters. The maximum atomic E-state index is 12.7. The lowest BCUT2D eigenvalue weighted by molar-refractivity contribution is -0.143. The average Bonchev–Trinajstić information content (AvgIpc) is 2.73. The molecule has 1 aliphatic carbocycles. The van der Waals surface area contributed by atoms with E-state index in [-0.39, 0.29) is 17.8 Å². The fraction of sp³-hybridized carbons (Fsp3) is 0.923. The molecule has 20 heavy (non-hydrogen) atoms. The number of hydrogen-bond donors (Lipinski definition) is 0. The summed E-state index contributed by atoms with van der Waals surface area (Å²) in [5.41, 5.74) is 0. The average molecular weight is 300 g/mol. The molecule has 0 bridgehead atoms. The maximum absolute atomic E-state index is 12.7. The highest BCUT2D eigenvalue weighted by molar-refractivity contribution is 7.54. The van der Waals surface area contributed by atoms with Crippen molar-refractivity contribution >= 4 is 21.4 Å². The monoisotopic (exact) mass is 300 g/mol. The van der Waals surface area contributed by atoms with Crippen LogP contribution in [0.3, 0.4) is 0 Å². The summed E-state index contributed by atoms with van der Waals surface area (Å²) in [6.07, 6.45) is 4.51. The summed E-state index contributed by atoms with van der Waals surface area (Å²) < 4.78 is 28.1. The van der Waals surface area contributed by atoms with Gasteiger partial charge in [-0.2, -0.15) is 0 Å². The smallest absolute Gasteiger partial charge is 0.370 e. The molecule has 112 valence electrons. The quantitative estimate of drug-likeness (QED) is 0.455. The fourth-order valence-corrected chi connectivity index (χ4v) is 5.20. The Morgan fingerprint density at radius 1 is 1.30 bits per heavy atom. The first-order valence-corrected chi connectivity index (χ1v) is 8.67. The van der Waals surface area contributed by atoms with Crippen LogP contribution >= 0.6 is 7.60 Å². The molecule has 1 saturated carbocycles. The number of rotatable bonds is 3. The zero-order valence-electron chi connectivity index (χ0n) is 12.3. The van der Waals surface area contributed by atoms with E-state index in [1.807, 2.05) is 6.92 Å². The first kappa shape index (κ1) is 16.1. The molecule has 2 radical (unpaired) electrons. The second kappa shape index (κ2) is 5.82. The molecule has 0 N–H and O–H groups in total. The third-order valence-corrected chi connectivity index (χ3v) is 6.66. The Kier molecular flexibility index (Phi) is 4.67. The molecule has 0 aromatic carbocycles. The van der Waals surface area contributed by atoms with Gasteiger partial charge in [-0.25, -0.2) is 0 Å². The molecule has 2 fully saturated rings. The van der Waals surface area contributed by atoms with Gasteiger partial charge in [0, 0.05) is 20.1 Å². The Labute approximate surface area is 121 Å². The second-order valence-electron chi connectivity index (χ2n) is 5.97. The number of cyclic esters (lactones) is 1. The van der Waals surface area contributed by atoms with Crippen LogP contribution in [0, 0.1) is 11.8 Å². The van der Waals surface area contributed by atoms with Gasteiger partial charge in [-0.05, 0) is 6.42 Å². The van der Waals surface area contributed by atoms with Crippen molar-refractivity contribution in [1.29, 1.82) is 0 Å². The minimum Gasteiger partial charge on any atom is -0.449 e. The Morgan fingerprint density at radius 2 is 1.95 bits per heavy atom. The van der Waals surface area contributed by atoms with Gasteiger partial charge in [0.15, 0.2) is 0 Å². The van der Waals surface area contributed by atoms with Crippen LogP contribution in [0.1, 0.15) is 39.0 Å². The van der Waals surface area contributed by atoms with Crippen LogP contribution in [0.2, 0.25) is 5.31 Å². The molecule has 7 heteroatoms. The van der Waals surface area contributed by atoms with E-state index < -0.39 is 18.8 Å². The first-order chi connectivity index (χ1) is 9.35. The third kappa shape index (κ3) is 2.70. The largest absolute Gasteiger partial charge is 0.449 e. The minimum absolute atomic E-state index is 0.311. The zero-order valence-corrected chi connectivity index (χ0v) is 13.2. The second-order valence-corrected chi connectivity index (χ2v) is 8.29. The topological polar surface area (TPSA) is 61.8 Å². The Balaban J connectivity index is 2.39. The molecule has 0 spiro atoms. The molecule has 1 heterocycles. The molecular weight excluding hydrogens is 278 g/mol. The zero-order chi connectivity index (χ0) is 15.0. The van der Waals surface area contributed by atoms with E-state index >= 15 is 0 Å². The van der Waals surface area contributed by atoms with Gasteiger partial charge in [0.2, 0.25) is 5.85 Å². The van der Waals surface area contributed by atoms with Gasteiger partial charge >= 0.3 is 13.6 Å². The van der Waals surface area contributed by atoms with Gasteiger partial charge in [0.25, 0.3) is 0 Å². The SMILES string of the molecule is [B]C1(C)CCCCCC2C(=O)OC(P(=O)(OC)OC)C21. The van der Waals surface area contributed by atoms with Crippen LogP contribution in [0.5, 0.6) is 0 Å².